The number of ether oxygens (including phenoxy) is 1. The lowest BCUT2D eigenvalue weighted by Gasteiger charge is -2.13. The first-order valence-corrected chi connectivity index (χ1v) is 6.61. The number of benzene rings is 1. The van der Waals surface area contributed by atoms with E-state index in [1.54, 1.807) is 24.3 Å². The summed E-state index contributed by atoms with van der Waals surface area (Å²) in [6.45, 7) is 2.31. The zero-order valence-corrected chi connectivity index (χ0v) is 10.2. The molecule has 0 N–H and O–H groups in total. The van der Waals surface area contributed by atoms with E-state index in [-0.39, 0.29) is 18.0 Å². The predicted octanol–water partition coefficient (Wildman–Crippen LogP) is 1.14. The first kappa shape index (κ1) is 11.9. The van der Waals surface area contributed by atoms with Gasteiger partial charge in [-0.25, -0.2) is 13.2 Å². The Morgan fingerprint density at radius 3 is 2.82 bits per heavy atom. The lowest BCUT2D eigenvalue weighted by Crippen LogP contribution is -2.24. The summed E-state index contributed by atoms with van der Waals surface area (Å²) in [4.78, 5) is 13.0. The fraction of sp³-hybridized carbons (Fsp3) is 0.364. The molecule has 2 rings (SSSR count). The second-order valence-corrected chi connectivity index (χ2v) is 4.95. The van der Waals surface area contributed by atoms with Crippen molar-refractivity contribution in [2.75, 3.05) is 11.4 Å². The highest BCUT2D eigenvalue weighted by Gasteiger charge is 2.29. The predicted molar refractivity (Wildman–Crippen MR) is 63.7 cm³/mol. The number of nitrogens with zero attached hydrogens (tertiary/aromatic N) is 1. The fourth-order valence-electron chi connectivity index (χ4n) is 1.79. The van der Waals surface area contributed by atoms with Crippen molar-refractivity contribution < 1.29 is 17.9 Å². The van der Waals surface area contributed by atoms with Crippen molar-refractivity contribution in [3.63, 3.8) is 0 Å². The third-order valence-corrected chi connectivity index (χ3v) is 3.12. The van der Waals surface area contributed by atoms with Gasteiger partial charge in [0.15, 0.2) is 0 Å². The van der Waals surface area contributed by atoms with Gasteiger partial charge in [-0.05, 0) is 24.6 Å². The third kappa shape index (κ3) is 2.76. The summed E-state index contributed by atoms with van der Waals surface area (Å²) in [5.74, 6) is -0.0123. The van der Waals surface area contributed by atoms with Crippen LogP contribution in [0.5, 0.6) is 0 Å². The lowest BCUT2D eigenvalue weighted by molar-refractivity contribution is 0.150. The molecule has 92 valence electrons. The molecule has 1 heterocycles. The van der Waals surface area contributed by atoms with Crippen LogP contribution in [0.4, 0.5) is 10.5 Å². The van der Waals surface area contributed by atoms with E-state index in [0.29, 0.717) is 17.8 Å². The van der Waals surface area contributed by atoms with Crippen molar-refractivity contribution >= 4 is 22.5 Å². The highest BCUT2D eigenvalue weighted by atomic mass is 32.2. The quantitative estimate of drug-likeness (QED) is 0.823. The van der Waals surface area contributed by atoms with Crippen LogP contribution >= 0.6 is 0 Å². The van der Waals surface area contributed by atoms with Gasteiger partial charge in [-0.3, -0.25) is 4.90 Å². The number of anilines is 1. The van der Waals surface area contributed by atoms with Crippen LogP contribution in [0.15, 0.2) is 24.3 Å². The van der Waals surface area contributed by atoms with Gasteiger partial charge in [-0.1, -0.05) is 12.1 Å². The van der Waals surface area contributed by atoms with E-state index in [0.717, 1.165) is 0 Å². The maximum Gasteiger partial charge on any atom is 0.414 e. The van der Waals surface area contributed by atoms with Crippen molar-refractivity contribution in [3.05, 3.63) is 29.8 Å². The second-order valence-electron chi connectivity index (χ2n) is 3.97. The molecule has 1 unspecified atom stereocenters. The van der Waals surface area contributed by atoms with Crippen molar-refractivity contribution in [2.24, 2.45) is 0 Å². The van der Waals surface area contributed by atoms with E-state index in [2.05, 4.69) is 0 Å². The molecule has 0 bridgehead atoms. The molecule has 0 saturated carbocycles. The van der Waals surface area contributed by atoms with Crippen LogP contribution < -0.4 is 4.90 Å². The molecule has 5 nitrogen and oxygen atoms in total. The van der Waals surface area contributed by atoms with Crippen LogP contribution in [0.1, 0.15) is 12.5 Å². The Kier molecular flexibility index (Phi) is 3.33. The molecule has 0 spiro atoms. The first-order valence-electron chi connectivity index (χ1n) is 5.25. The van der Waals surface area contributed by atoms with Crippen molar-refractivity contribution in [3.8, 4) is 0 Å². The SMILES string of the molecule is CC1CN(c2cccc(C[SH](=O)=O)c2)C(=O)O1. The Hall–Kier alpha value is -1.56. The van der Waals surface area contributed by atoms with Crippen LogP contribution in [0.2, 0.25) is 0 Å². The highest BCUT2D eigenvalue weighted by molar-refractivity contribution is 7.71. The first-order chi connectivity index (χ1) is 8.06. The van der Waals surface area contributed by atoms with Gasteiger partial charge in [0.1, 0.15) is 16.8 Å². The molecule has 17 heavy (non-hydrogen) atoms. The van der Waals surface area contributed by atoms with Crippen molar-refractivity contribution in [1.29, 1.82) is 0 Å². The van der Waals surface area contributed by atoms with Crippen LogP contribution in [-0.4, -0.2) is 27.2 Å². The number of amides is 1. The normalized spacial score (nSPS) is 19.8. The molecule has 1 saturated heterocycles. The van der Waals surface area contributed by atoms with Gasteiger partial charge >= 0.3 is 6.09 Å². The third-order valence-electron chi connectivity index (χ3n) is 2.50. The average molecular weight is 255 g/mol. The molecule has 6 heteroatoms. The summed E-state index contributed by atoms with van der Waals surface area (Å²) >= 11 is 0. The molecule has 1 aliphatic heterocycles. The smallest absolute Gasteiger partial charge is 0.414 e. The number of cyclic esters (lactones) is 1. The van der Waals surface area contributed by atoms with Gasteiger partial charge in [0.05, 0.1) is 12.3 Å². The molecule has 0 aromatic heterocycles. The van der Waals surface area contributed by atoms with Gasteiger partial charge in [0, 0.05) is 5.69 Å². The minimum absolute atomic E-state index is 0.0123. The highest BCUT2D eigenvalue weighted by Crippen LogP contribution is 2.22. The fourth-order valence-corrected chi connectivity index (χ4v) is 2.28. The van der Waals surface area contributed by atoms with Gasteiger partial charge in [0.2, 0.25) is 0 Å². The molecular formula is C11H13NO4S. The molecule has 1 atom stereocenters. The molecule has 0 aliphatic carbocycles. The molecule has 1 aromatic rings. The Balaban J connectivity index is 2.24. The van der Waals surface area contributed by atoms with Crippen LogP contribution in [0.25, 0.3) is 0 Å². The Bertz CT molecular complexity index is 504. The molecular weight excluding hydrogens is 242 g/mol. The number of carbonyl (C=O) groups is 1. The molecule has 0 radical (unpaired) electrons. The largest absolute Gasteiger partial charge is 0.444 e. The standard InChI is InChI=1S/C11H13NO4S/c1-8-6-12(11(13)16-8)10-4-2-3-9(5-10)7-17(14)15/h2-5,8,17H,6-7H2,1H3. The summed E-state index contributed by atoms with van der Waals surface area (Å²) in [5, 5.41) is 0. The van der Waals surface area contributed by atoms with Crippen LogP contribution in [0, 0.1) is 0 Å². The average Bonchev–Trinajstić information content (AvgIpc) is 2.57. The van der Waals surface area contributed by atoms with E-state index in [1.807, 2.05) is 6.92 Å². The van der Waals surface area contributed by atoms with E-state index < -0.39 is 10.7 Å². The van der Waals surface area contributed by atoms with Gasteiger partial charge < -0.3 is 4.74 Å². The molecule has 1 fully saturated rings. The Labute approximate surface area is 101 Å². The lowest BCUT2D eigenvalue weighted by atomic mass is 10.2. The number of rotatable bonds is 3. The zero-order valence-electron chi connectivity index (χ0n) is 9.33. The minimum atomic E-state index is -2.46. The maximum absolute atomic E-state index is 11.5. The molecule has 1 aliphatic rings. The van der Waals surface area contributed by atoms with E-state index >= 15 is 0 Å². The van der Waals surface area contributed by atoms with E-state index in [1.165, 1.54) is 4.90 Å². The second kappa shape index (κ2) is 4.75. The molecule has 1 aromatic carbocycles. The van der Waals surface area contributed by atoms with Crippen LogP contribution in [-0.2, 0) is 21.2 Å². The number of hydrogen-bond acceptors (Lipinski definition) is 4. The van der Waals surface area contributed by atoms with E-state index in [9.17, 15) is 13.2 Å². The molecule has 1 amide bonds. The Morgan fingerprint density at radius 1 is 1.47 bits per heavy atom. The van der Waals surface area contributed by atoms with Crippen molar-refractivity contribution in [2.45, 2.75) is 18.8 Å². The van der Waals surface area contributed by atoms with Gasteiger partial charge in [-0.15, -0.1) is 0 Å². The monoisotopic (exact) mass is 255 g/mol. The van der Waals surface area contributed by atoms with Gasteiger partial charge in [-0.2, -0.15) is 0 Å². The number of carbonyl (C=O) groups excluding carboxylic acids is 1. The summed E-state index contributed by atoms with van der Waals surface area (Å²) < 4.78 is 26.3. The minimum Gasteiger partial charge on any atom is -0.444 e. The van der Waals surface area contributed by atoms with E-state index in [4.69, 9.17) is 4.74 Å². The van der Waals surface area contributed by atoms with Gasteiger partial charge in [0.25, 0.3) is 0 Å². The van der Waals surface area contributed by atoms with Crippen molar-refractivity contribution in [1.82, 2.24) is 0 Å². The van der Waals surface area contributed by atoms with Crippen LogP contribution in [0.3, 0.4) is 0 Å². The summed E-state index contributed by atoms with van der Waals surface area (Å²) in [5.41, 5.74) is 1.35. The summed E-state index contributed by atoms with van der Waals surface area (Å²) in [6, 6.07) is 6.92. The number of thiol groups is 1. The topological polar surface area (TPSA) is 63.7 Å². The Morgan fingerprint density at radius 2 is 2.24 bits per heavy atom. The summed E-state index contributed by atoms with van der Waals surface area (Å²) in [6.07, 6.45) is -0.525. The zero-order chi connectivity index (χ0) is 12.4. The summed E-state index contributed by atoms with van der Waals surface area (Å²) in [7, 11) is -2.46. The maximum atomic E-state index is 11.5. The number of hydrogen-bond donors (Lipinski definition) is 1.